The van der Waals surface area contributed by atoms with E-state index >= 15 is 0 Å². The molecule has 3 aromatic rings. The van der Waals surface area contributed by atoms with Gasteiger partial charge in [-0.2, -0.15) is 4.68 Å². The van der Waals surface area contributed by atoms with Crippen LogP contribution in [0, 0.1) is 6.92 Å². The molecule has 0 unspecified atom stereocenters. The lowest BCUT2D eigenvalue weighted by Crippen LogP contribution is -2.23. The topological polar surface area (TPSA) is 100 Å². The van der Waals surface area contributed by atoms with Crippen molar-refractivity contribution >= 4 is 5.97 Å². The van der Waals surface area contributed by atoms with Crippen molar-refractivity contribution < 1.29 is 18.5 Å². The predicted octanol–water partition coefficient (Wildman–Crippen LogP) is 1.54. The van der Waals surface area contributed by atoms with Crippen LogP contribution in [0.25, 0.3) is 11.5 Å². The highest BCUT2D eigenvalue weighted by atomic mass is 16.5. The maximum atomic E-state index is 11.8. The molecule has 0 spiro atoms. The summed E-state index contributed by atoms with van der Waals surface area (Å²) >= 11 is 0. The van der Waals surface area contributed by atoms with Crippen LogP contribution in [0.5, 0.6) is 0 Å². The molecule has 118 valence electrons. The number of carbonyl (C=O) groups excluding carboxylic acids is 1. The molecule has 2 aromatic heterocycles. The highest BCUT2D eigenvalue weighted by Gasteiger charge is 2.14. The molecular weight excluding hydrogens is 302 g/mol. The van der Waals surface area contributed by atoms with E-state index in [0.29, 0.717) is 17.0 Å². The first kappa shape index (κ1) is 14.8. The molecule has 0 saturated heterocycles. The van der Waals surface area contributed by atoms with E-state index in [1.54, 1.807) is 37.3 Å². The summed E-state index contributed by atoms with van der Waals surface area (Å²) in [7, 11) is 0. The molecule has 23 heavy (non-hydrogen) atoms. The SMILES string of the molecule is Cc1cc(COC(=O)Cn2nc(-c3ccccc3)oc2=O)no1. The lowest BCUT2D eigenvalue weighted by molar-refractivity contribution is -0.146. The van der Waals surface area contributed by atoms with E-state index in [0.717, 1.165) is 4.68 Å². The lowest BCUT2D eigenvalue weighted by Gasteiger charge is -2.00. The summed E-state index contributed by atoms with van der Waals surface area (Å²) in [5.74, 6) is -0.578. The van der Waals surface area contributed by atoms with Gasteiger partial charge in [-0.3, -0.25) is 4.79 Å². The number of hydrogen-bond donors (Lipinski definition) is 0. The predicted molar refractivity (Wildman–Crippen MR) is 77.2 cm³/mol. The van der Waals surface area contributed by atoms with Crippen LogP contribution in [0.4, 0.5) is 0 Å². The van der Waals surface area contributed by atoms with Crippen molar-refractivity contribution in [2.24, 2.45) is 0 Å². The van der Waals surface area contributed by atoms with Crippen molar-refractivity contribution in [3.63, 3.8) is 0 Å². The van der Waals surface area contributed by atoms with Crippen LogP contribution < -0.4 is 5.76 Å². The fraction of sp³-hybridized carbons (Fsp3) is 0.200. The molecule has 0 amide bonds. The zero-order chi connectivity index (χ0) is 16.2. The summed E-state index contributed by atoms with van der Waals surface area (Å²) in [4.78, 5) is 23.5. The summed E-state index contributed by atoms with van der Waals surface area (Å²) in [6, 6.07) is 10.6. The molecule has 8 nitrogen and oxygen atoms in total. The number of carbonyl (C=O) groups is 1. The Balaban J connectivity index is 1.65. The second-order valence-corrected chi connectivity index (χ2v) is 4.79. The van der Waals surface area contributed by atoms with Crippen LogP contribution in [-0.2, 0) is 22.7 Å². The maximum Gasteiger partial charge on any atom is 0.437 e. The molecule has 0 bridgehead atoms. The van der Waals surface area contributed by atoms with Crippen molar-refractivity contribution in [2.45, 2.75) is 20.1 Å². The molecule has 0 N–H and O–H groups in total. The quantitative estimate of drug-likeness (QED) is 0.658. The van der Waals surface area contributed by atoms with Crippen molar-refractivity contribution in [1.29, 1.82) is 0 Å². The van der Waals surface area contributed by atoms with Gasteiger partial charge in [0.1, 0.15) is 24.6 Å². The zero-order valence-corrected chi connectivity index (χ0v) is 12.3. The van der Waals surface area contributed by atoms with Gasteiger partial charge in [-0.15, -0.1) is 5.10 Å². The highest BCUT2D eigenvalue weighted by Crippen LogP contribution is 2.13. The smallest absolute Gasteiger partial charge is 0.437 e. The molecule has 0 aliphatic carbocycles. The summed E-state index contributed by atoms with van der Waals surface area (Å²) in [6.45, 7) is 1.36. The number of aromatic nitrogens is 3. The molecule has 2 heterocycles. The molecule has 0 radical (unpaired) electrons. The molecular formula is C15H13N3O5. The normalized spacial score (nSPS) is 10.7. The Morgan fingerprint density at radius 2 is 2.09 bits per heavy atom. The molecule has 0 aliphatic heterocycles. The second-order valence-electron chi connectivity index (χ2n) is 4.79. The third-order valence-corrected chi connectivity index (χ3v) is 2.96. The standard InChI is InChI=1S/C15H13N3O5/c1-10-7-12(17-23-10)9-21-13(19)8-18-15(20)22-14(16-18)11-5-3-2-4-6-11/h2-7H,8-9H2,1H3. The van der Waals surface area contributed by atoms with Gasteiger partial charge in [-0.1, -0.05) is 23.4 Å². The van der Waals surface area contributed by atoms with Gasteiger partial charge in [0.15, 0.2) is 0 Å². The maximum absolute atomic E-state index is 11.8. The molecule has 0 saturated carbocycles. The van der Waals surface area contributed by atoms with E-state index in [2.05, 4.69) is 10.3 Å². The van der Waals surface area contributed by atoms with Crippen LogP contribution in [0.1, 0.15) is 11.5 Å². The number of rotatable bonds is 5. The fourth-order valence-corrected chi connectivity index (χ4v) is 1.91. The monoisotopic (exact) mass is 315 g/mol. The van der Waals surface area contributed by atoms with Crippen LogP contribution in [0.3, 0.4) is 0 Å². The minimum absolute atomic E-state index is 0.0334. The number of esters is 1. The fourth-order valence-electron chi connectivity index (χ4n) is 1.91. The van der Waals surface area contributed by atoms with Crippen molar-refractivity contribution in [3.05, 3.63) is 58.4 Å². The van der Waals surface area contributed by atoms with E-state index in [4.69, 9.17) is 13.7 Å². The van der Waals surface area contributed by atoms with Gasteiger partial charge in [0.25, 0.3) is 0 Å². The molecule has 8 heteroatoms. The van der Waals surface area contributed by atoms with Crippen molar-refractivity contribution in [1.82, 2.24) is 14.9 Å². The Morgan fingerprint density at radius 3 is 2.78 bits per heavy atom. The molecule has 0 fully saturated rings. The van der Waals surface area contributed by atoms with E-state index in [1.165, 1.54) is 0 Å². The van der Waals surface area contributed by atoms with E-state index < -0.39 is 11.7 Å². The molecule has 0 atom stereocenters. The van der Waals surface area contributed by atoms with Gasteiger partial charge < -0.3 is 13.7 Å². The van der Waals surface area contributed by atoms with Gasteiger partial charge >= 0.3 is 11.7 Å². The molecule has 1 aromatic carbocycles. The van der Waals surface area contributed by atoms with Gasteiger partial charge in [0.2, 0.25) is 5.89 Å². The number of hydrogen-bond acceptors (Lipinski definition) is 7. The first-order valence-corrected chi connectivity index (χ1v) is 6.83. The van der Waals surface area contributed by atoms with Crippen molar-refractivity contribution in [2.75, 3.05) is 0 Å². The number of aryl methyl sites for hydroxylation is 1. The Bertz CT molecular complexity index is 863. The van der Waals surface area contributed by atoms with Crippen LogP contribution in [-0.4, -0.2) is 20.9 Å². The van der Waals surface area contributed by atoms with Gasteiger partial charge in [0.05, 0.1) is 0 Å². The third-order valence-electron chi connectivity index (χ3n) is 2.96. The van der Waals surface area contributed by atoms with Gasteiger partial charge in [-0.05, 0) is 19.1 Å². The summed E-state index contributed by atoms with van der Waals surface area (Å²) in [5, 5.41) is 7.68. The second kappa shape index (κ2) is 6.30. The molecule has 0 aliphatic rings. The average molecular weight is 315 g/mol. The Hall–Kier alpha value is -3.16. The largest absolute Gasteiger partial charge is 0.458 e. The first-order valence-electron chi connectivity index (χ1n) is 6.83. The molecule has 3 rings (SSSR count). The number of benzene rings is 1. The van der Waals surface area contributed by atoms with Crippen molar-refractivity contribution in [3.8, 4) is 11.5 Å². The van der Waals surface area contributed by atoms with Gasteiger partial charge in [0, 0.05) is 11.6 Å². The van der Waals surface area contributed by atoms with Crippen LogP contribution in [0.15, 0.2) is 50.1 Å². The lowest BCUT2D eigenvalue weighted by atomic mass is 10.2. The minimum atomic E-state index is -0.724. The highest BCUT2D eigenvalue weighted by molar-refractivity contribution is 5.69. The zero-order valence-electron chi connectivity index (χ0n) is 12.3. The van der Waals surface area contributed by atoms with E-state index in [1.807, 2.05) is 6.07 Å². The van der Waals surface area contributed by atoms with Crippen LogP contribution >= 0.6 is 0 Å². The number of ether oxygens (including phenoxy) is 1. The Kier molecular flexibility index (Phi) is 4.05. The van der Waals surface area contributed by atoms with E-state index in [-0.39, 0.29) is 19.0 Å². The Labute approximate surface area is 130 Å². The average Bonchev–Trinajstić information content (AvgIpc) is 3.13. The minimum Gasteiger partial charge on any atom is -0.458 e. The Morgan fingerprint density at radius 1 is 1.30 bits per heavy atom. The van der Waals surface area contributed by atoms with Crippen LogP contribution in [0.2, 0.25) is 0 Å². The van der Waals surface area contributed by atoms with E-state index in [9.17, 15) is 9.59 Å². The summed E-state index contributed by atoms with van der Waals surface area (Å²) in [6.07, 6.45) is 0. The number of nitrogens with zero attached hydrogens (tertiary/aromatic N) is 3. The summed E-state index contributed by atoms with van der Waals surface area (Å²) in [5.41, 5.74) is 1.14. The van der Waals surface area contributed by atoms with Gasteiger partial charge in [-0.25, -0.2) is 4.79 Å². The first-order chi connectivity index (χ1) is 11.1. The third kappa shape index (κ3) is 3.54. The summed E-state index contributed by atoms with van der Waals surface area (Å²) < 4.78 is 15.8.